The molecule has 1 rings (SSSR count). The van der Waals surface area contributed by atoms with Crippen molar-refractivity contribution in [3.63, 3.8) is 0 Å². The van der Waals surface area contributed by atoms with Crippen LogP contribution in [-0.2, 0) is 6.54 Å². The van der Waals surface area contributed by atoms with Crippen LogP contribution >= 0.6 is 0 Å². The average molecular weight is 182 g/mol. The van der Waals surface area contributed by atoms with Gasteiger partial charge >= 0.3 is 5.97 Å². The summed E-state index contributed by atoms with van der Waals surface area (Å²) in [6.07, 6.45) is 3.20. The number of rotatable bonds is 2. The molecule has 72 valence electrons. The highest BCUT2D eigenvalue weighted by molar-refractivity contribution is 5.83. The number of carbonyl (C=O) groups is 1. The molecule has 0 bridgehead atoms. The van der Waals surface area contributed by atoms with E-state index in [9.17, 15) is 4.79 Å². The van der Waals surface area contributed by atoms with Crippen LogP contribution in [0.2, 0.25) is 0 Å². The predicted molar refractivity (Wildman–Crippen MR) is 48.6 cm³/mol. The fourth-order valence-corrected chi connectivity index (χ4v) is 1.15. The highest BCUT2D eigenvalue weighted by Gasteiger charge is 2.16. The van der Waals surface area contributed by atoms with E-state index in [4.69, 9.17) is 5.11 Å². The summed E-state index contributed by atoms with van der Waals surface area (Å²) in [7, 11) is 0. The van der Waals surface area contributed by atoms with E-state index in [1.165, 1.54) is 6.20 Å². The molecule has 1 aromatic rings. The van der Waals surface area contributed by atoms with Crippen molar-refractivity contribution in [2.24, 2.45) is 5.41 Å². The topological polar surface area (TPSA) is 55.1 Å². The van der Waals surface area contributed by atoms with Gasteiger partial charge in [-0.1, -0.05) is 20.8 Å². The molecule has 13 heavy (non-hydrogen) atoms. The third-order valence-corrected chi connectivity index (χ3v) is 1.55. The fraction of sp³-hybridized carbons (Fsp3) is 0.556. The fourth-order valence-electron chi connectivity index (χ4n) is 1.15. The maximum Gasteiger partial charge on any atom is 0.372 e. The maximum atomic E-state index is 10.7. The van der Waals surface area contributed by atoms with E-state index >= 15 is 0 Å². The second kappa shape index (κ2) is 3.20. The zero-order valence-corrected chi connectivity index (χ0v) is 8.11. The molecule has 0 radical (unpaired) electrons. The predicted octanol–water partition coefficient (Wildman–Crippen LogP) is 1.63. The van der Waals surface area contributed by atoms with Crippen LogP contribution in [0.3, 0.4) is 0 Å². The molecule has 4 heteroatoms. The number of hydrogen-bond acceptors (Lipinski definition) is 2. The summed E-state index contributed by atoms with van der Waals surface area (Å²) in [6.45, 7) is 6.82. The Kier molecular flexibility index (Phi) is 2.40. The van der Waals surface area contributed by atoms with Crippen molar-refractivity contribution in [2.75, 3.05) is 0 Å². The Hall–Kier alpha value is -1.32. The maximum absolute atomic E-state index is 10.7. The van der Waals surface area contributed by atoms with Gasteiger partial charge in [-0.2, -0.15) is 0 Å². The molecule has 1 N–H and O–H groups in total. The minimum absolute atomic E-state index is 0.0604. The largest absolute Gasteiger partial charge is 0.475 e. The van der Waals surface area contributed by atoms with Crippen LogP contribution < -0.4 is 0 Å². The minimum atomic E-state index is -0.978. The lowest BCUT2D eigenvalue weighted by Gasteiger charge is -2.19. The van der Waals surface area contributed by atoms with Crippen molar-refractivity contribution in [1.29, 1.82) is 0 Å². The smallest absolute Gasteiger partial charge is 0.372 e. The standard InChI is InChI=1S/C9H14N2O2/c1-9(2,3)6-11-5-4-10-7(11)8(12)13/h4-5H,6H2,1-3H3,(H,12,13). The Morgan fingerprint density at radius 3 is 2.69 bits per heavy atom. The molecule has 1 aromatic heterocycles. The van der Waals surface area contributed by atoms with Crippen molar-refractivity contribution in [3.8, 4) is 0 Å². The first kappa shape index (κ1) is 9.77. The van der Waals surface area contributed by atoms with E-state index in [2.05, 4.69) is 25.8 Å². The first-order valence-electron chi connectivity index (χ1n) is 4.14. The molecule has 0 atom stereocenters. The third-order valence-electron chi connectivity index (χ3n) is 1.55. The summed E-state index contributed by atoms with van der Waals surface area (Å²) < 4.78 is 1.66. The van der Waals surface area contributed by atoms with E-state index in [0.29, 0.717) is 6.54 Å². The zero-order valence-electron chi connectivity index (χ0n) is 8.11. The van der Waals surface area contributed by atoms with Gasteiger partial charge in [-0.05, 0) is 5.41 Å². The molecule has 0 aliphatic rings. The van der Waals surface area contributed by atoms with Crippen molar-refractivity contribution >= 4 is 5.97 Å². The van der Waals surface area contributed by atoms with Crippen LogP contribution in [-0.4, -0.2) is 20.6 Å². The summed E-state index contributed by atoms with van der Waals surface area (Å²) in [5.74, 6) is -0.871. The first-order valence-corrected chi connectivity index (χ1v) is 4.14. The number of carboxylic acids is 1. The molecule has 0 amide bonds. The van der Waals surface area contributed by atoms with Gasteiger partial charge in [0.15, 0.2) is 0 Å². The van der Waals surface area contributed by atoms with E-state index in [1.807, 2.05) is 0 Å². The van der Waals surface area contributed by atoms with Crippen molar-refractivity contribution in [1.82, 2.24) is 9.55 Å². The van der Waals surface area contributed by atoms with E-state index in [-0.39, 0.29) is 11.2 Å². The average Bonchev–Trinajstić information content (AvgIpc) is 2.31. The summed E-state index contributed by atoms with van der Waals surface area (Å²) in [4.78, 5) is 14.4. The number of hydrogen-bond donors (Lipinski definition) is 1. The van der Waals surface area contributed by atoms with Gasteiger partial charge in [0.05, 0.1) is 0 Å². The van der Waals surface area contributed by atoms with Gasteiger partial charge in [0.2, 0.25) is 5.82 Å². The van der Waals surface area contributed by atoms with Crippen LogP contribution in [0.15, 0.2) is 12.4 Å². The second-order valence-electron chi connectivity index (χ2n) is 4.24. The molecule has 0 spiro atoms. The normalized spacial score (nSPS) is 11.6. The quantitative estimate of drug-likeness (QED) is 0.756. The lowest BCUT2D eigenvalue weighted by molar-refractivity contribution is 0.0675. The number of nitrogens with zero attached hydrogens (tertiary/aromatic N) is 2. The number of aromatic carboxylic acids is 1. The second-order valence-corrected chi connectivity index (χ2v) is 4.24. The Morgan fingerprint density at radius 2 is 2.23 bits per heavy atom. The Labute approximate surface area is 77.2 Å². The minimum Gasteiger partial charge on any atom is -0.475 e. The highest BCUT2D eigenvalue weighted by Crippen LogP contribution is 2.17. The van der Waals surface area contributed by atoms with E-state index in [1.54, 1.807) is 10.8 Å². The number of carboxylic acid groups (broad SMARTS) is 1. The van der Waals surface area contributed by atoms with Crippen LogP contribution in [0.25, 0.3) is 0 Å². The highest BCUT2D eigenvalue weighted by atomic mass is 16.4. The molecule has 0 unspecified atom stereocenters. The van der Waals surface area contributed by atoms with Crippen molar-refractivity contribution < 1.29 is 9.90 Å². The van der Waals surface area contributed by atoms with Gasteiger partial charge in [0, 0.05) is 18.9 Å². The van der Waals surface area contributed by atoms with Gasteiger partial charge in [-0.3, -0.25) is 0 Å². The Bertz CT molecular complexity index is 310. The lowest BCUT2D eigenvalue weighted by Crippen LogP contribution is -2.19. The van der Waals surface area contributed by atoms with Gasteiger partial charge in [0.25, 0.3) is 0 Å². The van der Waals surface area contributed by atoms with Crippen LogP contribution in [0.5, 0.6) is 0 Å². The van der Waals surface area contributed by atoms with E-state index in [0.717, 1.165) is 0 Å². The van der Waals surface area contributed by atoms with E-state index < -0.39 is 5.97 Å². The number of imidazole rings is 1. The molecule has 0 aromatic carbocycles. The lowest BCUT2D eigenvalue weighted by atomic mass is 9.97. The summed E-state index contributed by atoms with van der Waals surface area (Å²) >= 11 is 0. The van der Waals surface area contributed by atoms with Gasteiger partial charge in [-0.25, -0.2) is 9.78 Å². The molecule has 0 saturated heterocycles. The van der Waals surface area contributed by atoms with Crippen molar-refractivity contribution in [3.05, 3.63) is 18.2 Å². The summed E-state index contributed by atoms with van der Waals surface area (Å²) in [6, 6.07) is 0. The summed E-state index contributed by atoms with van der Waals surface area (Å²) in [5.41, 5.74) is 0.0604. The molecule has 0 aliphatic heterocycles. The third kappa shape index (κ3) is 2.57. The zero-order chi connectivity index (χ0) is 10.1. The SMILES string of the molecule is CC(C)(C)Cn1ccnc1C(=O)O. The van der Waals surface area contributed by atoms with Crippen LogP contribution in [0, 0.1) is 5.41 Å². The summed E-state index contributed by atoms with van der Waals surface area (Å²) in [5, 5.41) is 8.77. The molecular formula is C9H14N2O2. The molecular weight excluding hydrogens is 168 g/mol. The molecule has 1 heterocycles. The molecule has 0 saturated carbocycles. The van der Waals surface area contributed by atoms with Gasteiger partial charge < -0.3 is 9.67 Å². The van der Waals surface area contributed by atoms with Crippen molar-refractivity contribution in [2.45, 2.75) is 27.3 Å². The van der Waals surface area contributed by atoms with Crippen LogP contribution in [0.1, 0.15) is 31.4 Å². The molecule has 0 aliphatic carbocycles. The van der Waals surface area contributed by atoms with Gasteiger partial charge in [-0.15, -0.1) is 0 Å². The van der Waals surface area contributed by atoms with Gasteiger partial charge in [0.1, 0.15) is 0 Å². The Morgan fingerprint density at radius 1 is 1.62 bits per heavy atom. The molecule has 4 nitrogen and oxygen atoms in total. The first-order chi connectivity index (χ1) is 5.90. The Balaban J connectivity index is 2.89. The number of aromatic nitrogens is 2. The monoisotopic (exact) mass is 182 g/mol. The molecule has 0 fully saturated rings. The van der Waals surface area contributed by atoms with Crippen LogP contribution in [0.4, 0.5) is 0 Å².